The number of hydrogen-bond donors (Lipinski definition) is 3. The van der Waals surface area contributed by atoms with E-state index in [2.05, 4.69) is 25.8 Å². The van der Waals surface area contributed by atoms with Gasteiger partial charge in [0.1, 0.15) is 11.6 Å². The smallest absolute Gasteiger partial charge is 0.320 e. The first-order valence-corrected chi connectivity index (χ1v) is 7.65. The second-order valence-electron chi connectivity index (χ2n) is 5.90. The van der Waals surface area contributed by atoms with E-state index in [4.69, 9.17) is 0 Å². The Morgan fingerprint density at radius 2 is 1.96 bits per heavy atom. The van der Waals surface area contributed by atoms with Gasteiger partial charge in [0.15, 0.2) is 0 Å². The van der Waals surface area contributed by atoms with E-state index >= 15 is 0 Å². The lowest BCUT2D eigenvalue weighted by Gasteiger charge is -2.23. The Labute approximate surface area is 138 Å². The summed E-state index contributed by atoms with van der Waals surface area (Å²) in [6.07, 6.45) is 3.27. The molecule has 2 aromatic heterocycles. The van der Waals surface area contributed by atoms with Crippen molar-refractivity contribution in [2.75, 3.05) is 5.32 Å². The topological polar surface area (TPSA) is 82.7 Å². The molecule has 0 aliphatic carbocycles. The van der Waals surface area contributed by atoms with E-state index < -0.39 is 0 Å². The van der Waals surface area contributed by atoms with Crippen LogP contribution in [0.1, 0.15) is 25.5 Å². The Morgan fingerprint density at radius 3 is 2.67 bits per heavy atom. The highest BCUT2D eigenvalue weighted by Gasteiger charge is 2.18. The van der Waals surface area contributed by atoms with Crippen LogP contribution < -0.4 is 10.6 Å². The molecule has 0 radical (unpaired) electrons. The molecule has 6 nitrogen and oxygen atoms in total. The average Bonchev–Trinajstić information content (AvgIpc) is 3.01. The molecule has 1 aromatic carbocycles. The zero-order chi connectivity index (χ0) is 17.1. The van der Waals surface area contributed by atoms with Crippen LogP contribution in [0.3, 0.4) is 0 Å². The summed E-state index contributed by atoms with van der Waals surface area (Å²) in [5, 5.41) is 13.2. The van der Waals surface area contributed by atoms with Crippen LogP contribution >= 0.6 is 0 Å². The van der Waals surface area contributed by atoms with Crippen molar-refractivity contribution in [3.05, 3.63) is 54.1 Å². The predicted octanol–water partition coefficient (Wildman–Crippen LogP) is 3.62. The maximum absolute atomic E-state index is 13.1. The third kappa shape index (κ3) is 3.51. The molecule has 0 aliphatic heterocycles. The minimum absolute atomic E-state index is 0.144. The van der Waals surface area contributed by atoms with Crippen molar-refractivity contribution in [2.45, 2.75) is 19.9 Å². The summed E-state index contributed by atoms with van der Waals surface area (Å²) in [6, 6.07) is 7.26. The van der Waals surface area contributed by atoms with Gasteiger partial charge in [-0.1, -0.05) is 26.0 Å². The quantitative estimate of drug-likeness (QED) is 0.684. The minimum Gasteiger partial charge on any atom is -0.331 e. The van der Waals surface area contributed by atoms with Gasteiger partial charge in [0.25, 0.3) is 0 Å². The number of aromatic nitrogens is 3. The van der Waals surface area contributed by atoms with Crippen molar-refractivity contribution < 1.29 is 9.18 Å². The van der Waals surface area contributed by atoms with E-state index in [0.29, 0.717) is 5.82 Å². The summed E-state index contributed by atoms with van der Waals surface area (Å²) in [7, 11) is 0. The highest BCUT2D eigenvalue weighted by atomic mass is 19.1. The monoisotopic (exact) mass is 327 g/mol. The molecular weight excluding hydrogens is 309 g/mol. The molecular formula is C17H18FN5O. The molecule has 0 aliphatic rings. The predicted molar refractivity (Wildman–Crippen MR) is 90.0 cm³/mol. The fourth-order valence-electron chi connectivity index (χ4n) is 2.51. The van der Waals surface area contributed by atoms with Crippen LogP contribution in [0.4, 0.5) is 15.0 Å². The third-order valence-corrected chi connectivity index (χ3v) is 3.75. The second-order valence-corrected chi connectivity index (χ2v) is 5.90. The Bertz CT molecular complexity index is 844. The Hall–Kier alpha value is -2.96. The maximum atomic E-state index is 13.1. The van der Waals surface area contributed by atoms with Gasteiger partial charge in [-0.2, -0.15) is 5.10 Å². The van der Waals surface area contributed by atoms with Crippen LogP contribution in [-0.2, 0) is 0 Å². The number of nitrogens with zero attached hydrogens (tertiary/aromatic N) is 2. The molecule has 124 valence electrons. The normalized spacial score (nSPS) is 12.3. The first kappa shape index (κ1) is 15.9. The van der Waals surface area contributed by atoms with Gasteiger partial charge in [0, 0.05) is 5.39 Å². The van der Waals surface area contributed by atoms with E-state index in [9.17, 15) is 9.18 Å². The van der Waals surface area contributed by atoms with Crippen molar-refractivity contribution in [1.82, 2.24) is 20.5 Å². The third-order valence-electron chi connectivity index (χ3n) is 3.75. The number of pyridine rings is 1. The number of urea groups is 1. The number of aromatic amines is 1. The summed E-state index contributed by atoms with van der Waals surface area (Å²) in [4.78, 5) is 16.4. The number of halogens is 1. The molecule has 0 saturated carbocycles. The molecule has 7 heteroatoms. The van der Waals surface area contributed by atoms with Gasteiger partial charge in [0.2, 0.25) is 0 Å². The number of H-pyrrole nitrogens is 1. The molecule has 3 rings (SSSR count). The van der Waals surface area contributed by atoms with Crippen molar-refractivity contribution in [1.29, 1.82) is 0 Å². The summed E-state index contributed by atoms with van der Waals surface area (Å²) in [5.74, 6) is 0.275. The van der Waals surface area contributed by atoms with Crippen molar-refractivity contribution in [2.24, 2.45) is 5.92 Å². The first-order valence-electron chi connectivity index (χ1n) is 7.65. The van der Waals surface area contributed by atoms with Crippen molar-refractivity contribution >= 4 is 22.8 Å². The van der Waals surface area contributed by atoms with Gasteiger partial charge < -0.3 is 5.32 Å². The van der Waals surface area contributed by atoms with Crippen molar-refractivity contribution in [3.8, 4) is 0 Å². The molecule has 0 fully saturated rings. The van der Waals surface area contributed by atoms with E-state index in [0.717, 1.165) is 16.5 Å². The van der Waals surface area contributed by atoms with Crippen LogP contribution in [0.2, 0.25) is 0 Å². The fourth-order valence-corrected chi connectivity index (χ4v) is 2.51. The summed E-state index contributed by atoms with van der Waals surface area (Å²) in [6.45, 7) is 3.98. The van der Waals surface area contributed by atoms with Crippen LogP contribution in [0.25, 0.3) is 10.9 Å². The lowest BCUT2D eigenvalue weighted by Crippen LogP contribution is -2.35. The number of amides is 2. The lowest BCUT2D eigenvalue weighted by molar-refractivity contribution is 0.244. The van der Waals surface area contributed by atoms with Gasteiger partial charge in [-0.3, -0.25) is 10.4 Å². The van der Waals surface area contributed by atoms with Crippen molar-refractivity contribution in [3.63, 3.8) is 0 Å². The SMILES string of the molecule is CC(C)C(NC(=O)Nc1cc2cn[nH]c2cn1)c1ccc(F)cc1. The van der Waals surface area contributed by atoms with E-state index in [1.807, 2.05) is 13.8 Å². The molecule has 0 saturated heterocycles. The van der Waals surface area contributed by atoms with Crippen LogP contribution in [0.15, 0.2) is 42.7 Å². The minimum atomic E-state index is -0.367. The zero-order valence-electron chi connectivity index (χ0n) is 13.4. The van der Waals surface area contributed by atoms with Crippen LogP contribution in [0.5, 0.6) is 0 Å². The average molecular weight is 327 g/mol. The number of hydrogen-bond acceptors (Lipinski definition) is 3. The Kier molecular flexibility index (Phi) is 4.41. The van der Waals surface area contributed by atoms with E-state index in [1.165, 1.54) is 12.1 Å². The Balaban J connectivity index is 1.72. The fraction of sp³-hybridized carbons (Fsp3) is 0.235. The molecule has 24 heavy (non-hydrogen) atoms. The van der Waals surface area contributed by atoms with Gasteiger partial charge >= 0.3 is 6.03 Å². The molecule has 3 N–H and O–H groups in total. The Morgan fingerprint density at radius 1 is 1.21 bits per heavy atom. The molecule has 1 unspecified atom stereocenters. The highest BCUT2D eigenvalue weighted by molar-refractivity contribution is 5.91. The maximum Gasteiger partial charge on any atom is 0.320 e. The molecule has 2 amide bonds. The molecule has 0 bridgehead atoms. The number of carbonyl (C=O) groups is 1. The molecule has 1 atom stereocenters. The van der Waals surface area contributed by atoms with Gasteiger partial charge in [-0.15, -0.1) is 0 Å². The largest absolute Gasteiger partial charge is 0.331 e. The number of nitrogens with one attached hydrogen (secondary N) is 3. The van der Waals surface area contributed by atoms with E-state index in [-0.39, 0.29) is 23.8 Å². The van der Waals surface area contributed by atoms with Crippen LogP contribution in [-0.4, -0.2) is 21.2 Å². The number of benzene rings is 1. The lowest BCUT2D eigenvalue weighted by atomic mass is 9.96. The highest BCUT2D eigenvalue weighted by Crippen LogP contribution is 2.22. The summed E-state index contributed by atoms with van der Waals surface area (Å²) >= 11 is 0. The second kappa shape index (κ2) is 6.66. The molecule has 3 aromatic rings. The molecule has 2 heterocycles. The van der Waals surface area contributed by atoms with E-state index in [1.54, 1.807) is 30.6 Å². The first-order chi connectivity index (χ1) is 11.5. The van der Waals surface area contributed by atoms with Gasteiger partial charge in [-0.25, -0.2) is 14.2 Å². The standard InChI is InChI=1S/C17H18FN5O/c1-10(2)16(11-3-5-13(18)6-4-11)22-17(24)21-15-7-12-8-20-23-14(12)9-19-15/h3-10,16H,1-2H3,(H,20,23)(H2,19,21,22,24). The van der Waals surface area contributed by atoms with Gasteiger partial charge in [0.05, 0.1) is 24.0 Å². The summed E-state index contributed by atoms with van der Waals surface area (Å²) < 4.78 is 13.1. The summed E-state index contributed by atoms with van der Waals surface area (Å²) in [5.41, 5.74) is 1.65. The number of fused-ring (bicyclic) bond motifs is 1. The van der Waals surface area contributed by atoms with Gasteiger partial charge in [-0.05, 0) is 29.7 Å². The molecule has 0 spiro atoms. The van der Waals surface area contributed by atoms with Crippen LogP contribution in [0, 0.1) is 11.7 Å². The number of rotatable bonds is 4. The zero-order valence-corrected chi connectivity index (χ0v) is 13.4. The number of anilines is 1. The number of carbonyl (C=O) groups excluding carboxylic acids is 1.